The summed E-state index contributed by atoms with van der Waals surface area (Å²) in [7, 11) is 0. The standard InChI is InChI=1S/C9H12O2.C4H8O3/c1-7(2)8-3-5-9(11-10)6-4-8;1-3(2)7-4(5)6/h3-7,10H,1-2H3;3H,1-2H3,(H,5,6). The summed E-state index contributed by atoms with van der Waals surface area (Å²) < 4.78 is 4.17. The molecule has 5 nitrogen and oxygen atoms in total. The molecule has 0 spiro atoms. The van der Waals surface area contributed by atoms with Crippen LogP contribution >= 0.6 is 0 Å². The predicted octanol–water partition coefficient (Wildman–Crippen LogP) is 3.75. The lowest BCUT2D eigenvalue weighted by Crippen LogP contribution is -2.07. The molecule has 0 saturated carbocycles. The van der Waals surface area contributed by atoms with Crippen LogP contribution in [-0.4, -0.2) is 22.6 Å². The summed E-state index contributed by atoms with van der Waals surface area (Å²) in [5, 5.41) is 16.1. The summed E-state index contributed by atoms with van der Waals surface area (Å²) in [6.07, 6.45) is -1.44. The quantitative estimate of drug-likeness (QED) is 0.489. The van der Waals surface area contributed by atoms with Gasteiger partial charge >= 0.3 is 6.16 Å². The van der Waals surface area contributed by atoms with Crippen molar-refractivity contribution in [2.45, 2.75) is 39.7 Å². The second-order valence-corrected chi connectivity index (χ2v) is 4.25. The van der Waals surface area contributed by atoms with E-state index >= 15 is 0 Å². The highest BCUT2D eigenvalue weighted by atomic mass is 17.1. The van der Waals surface area contributed by atoms with E-state index in [-0.39, 0.29) is 6.10 Å². The summed E-state index contributed by atoms with van der Waals surface area (Å²) in [5.41, 5.74) is 1.24. The van der Waals surface area contributed by atoms with Gasteiger partial charge in [-0.1, -0.05) is 26.0 Å². The van der Waals surface area contributed by atoms with Gasteiger partial charge < -0.3 is 14.7 Å². The summed E-state index contributed by atoms with van der Waals surface area (Å²) in [6, 6.07) is 7.37. The molecule has 0 aliphatic carbocycles. The molecule has 102 valence electrons. The van der Waals surface area contributed by atoms with Crippen LogP contribution in [0, 0.1) is 0 Å². The van der Waals surface area contributed by atoms with Crippen molar-refractivity contribution in [3.8, 4) is 5.75 Å². The van der Waals surface area contributed by atoms with Crippen LogP contribution in [0.2, 0.25) is 0 Å². The zero-order chi connectivity index (χ0) is 14.1. The molecule has 0 aromatic heterocycles. The highest BCUT2D eigenvalue weighted by molar-refractivity contribution is 5.56. The topological polar surface area (TPSA) is 76.0 Å². The fourth-order valence-corrected chi connectivity index (χ4v) is 1.12. The van der Waals surface area contributed by atoms with Gasteiger partial charge in [-0.15, -0.1) is 0 Å². The van der Waals surface area contributed by atoms with Crippen molar-refractivity contribution in [3.63, 3.8) is 0 Å². The first-order chi connectivity index (χ1) is 8.36. The van der Waals surface area contributed by atoms with Gasteiger partial charge in [-0.3, -0.25) is 0 Å². The Balaban J connectivity index is 0.000000360. The van der Waals surface area contributed by atoms with Crippen LogP contribution in [0.1, 0.15) is 39.2 Å². The molecule has 0 aliphatic heterocycles. The SMILES string of the molecule is CC(C)OC(=O)O.CC(C)c1ccc(OO)cc1. The number of carbonyl (C=O) groups is 1. The Morgan fingerprint density at radius 3 is 1.83 bits per heavy atom. The van der Waals surface area contributed by atoms with Crippen molar-refractivity contribution in [2.24, 2.45) is 0 Å². The maximum atomic E-state index is 9.59. The molecular formula is C13H20O5. The lowest BCUT2D eigenvalue weighted by atomic mass is 10.0. The van der Waals surface area contributed by atoms with Gasteiger partial charge in [0, 0.05) is 0 Å². The number of rotatable bonds is 3. The van der Waals surface area contributed by atoms with E-state index in [4.69, 9.17) is 10.4 Å². The van der Waals surface area contributed by atoms with Gasteiger partial charge in [-0.25, -0.2) is 10.1 Å². The van der Waals surface area contributed by atoms with E-state index in [1.54, 1.807) is 26.0 Å². The molecule has 0 amide bonds. The molecule has 1 rings (SSSR count). The van der Waals surface area contributed by atoms with Gasteiger partial charge in [0.05, 0.1) is 6.10 Å². The van der Waals surface area contributed by atoms with E-state index in [1.165, 1.54) is 5.56 Å². The number of carboxylic acid groups (broad SMARTS) is 1. The molecule has 2 N–H and O–H groups in total. The minimum atomic E-state index is -1.21. The average Bonchev–Trinajstić information content (AvgIpc) is 2.28. The Labute approximate surface area is 107 Å². The van der Waals surface area contributed by atoms with Gasteiger partial charge in [0.25, 0.3) is 0 Å². The number of ether oxygens (including phenoxy) is 1. The molecule has 0 radical (unpaired) electrons. The largest absolute Gasteiger partial charge is 0.506 e. The van der Waals surface area contributed by atoms with Gasteiger partial charge in [-0.2, -0.15) is 0 Å². The summed E-state index contributed by atoms with van der Waals surface area (Å²) in [6.45, 7) is 7.56. The highest BCUT2D eigenvalue weighted by Gasteiger charge is 1.98. The molecule has 0 fully saturated rings. The van der Waals surface area contributed by atoms with Crippen LogP contribution in [0.25, 0.3) is 0 Å². The van der Waals surface area contributed by atoms with E-state index < -0.39 is 6.16 Å². The summed E-state index contributed by atoms with van der Waals surface area (Å²) in [4.78, 5) is 13.6. The molecule has 0 unspecified atom stereocenters. The van der Waals surface area contributed by atoms with Crippen molar-refractivity contribution >= 4 is 6.16 Å². The maximum Gasteiger partial charge on any atom is 0.506 e. The number of hydrogen-bond acceptors (Lipinski definition) is 4. The Hall–Kier alpha value is -1.75. The van der Waals surface area contributed by atoms with Crippen molar-refractivity contribution in [1.29, 1.82) is 0 Å². The Bertz CT molecular complexity index is 343. The van der Waals surface area contributed by atoms with E-state index in [0.717, 1.165) is 0 Å². The fraction of sp³-hybridized carbons (Fsp3) is 0.462. The first kappa shape index (κ1) is 16.2. The molecule has 5 heteroatoms. The van der Waals surface area contributed by atoms with Gasteiger partial charge in [0.1, 0.15) is 0 Å². The normalized spacial score (nSPS) is 9.72. The molecule has 1 aromatic carbocycles. The molecule has 0 heterocycles. The van der Waals surface area contributed by atoms with E-state index in [2.05, 4.69) is 23.5 Å². The third kappa shape index (κ3) is 7.51. The average molecular weight is 256 g/mol. The van der Waals surface area contributed by atoms with Gasteiger partial charge in [0.15, 0.2) is 5.75 Å². The predicted molar refractivity (Wildman–Crippen MR) is 68.0 cm³/mol. The highest BCUT2D eigenvalue weighted by Crippen LogP contribution is 2.17. The molecule has 0 bridgehead atoms. The smallest absolute Gasteiger partial charge is 0.450 e. The summed E-state index contributed by atoms with van der Waals surface area (Å²) in [5.74, 6) is 0.997. The van der Waals surface area contributed by atoms with Crippen molar-refractivity contribution in [2.75, 3.05) is 0 Å². The number of benzene rings is 1. The third-order valence-electron chi connectivity index (χ3n) is 1.99. The van der Waals surface area contributed by atoms with Gasteiger partial charge in [0.2, 0.25) is 0 Å². The molecule has 18 heavy (non-hydrogen) atoms. The van der Waals surface area contributed by atoms with E-state index in [0.29, 0.717) is 11.7 Å². The van der Waals surface area contributed by atoms with Crippen LogP contribution in [0.4, 0.5) is 4.79 Å². The molecular weight excluding hydrogens is 236 g/mol. The zero-order valence-electron chi connectivity index (χ0n) is 11.1. The van der Waals surface area contributed by atoms with Crippen LogP contribution in [-0.2, 0) is 4.74 Å². The van der Waals surface area contributed by atoms with Crippen molar-refractivity contribution < 1.29 is 24.8 Å². The molecule has 0 atom stereocenters. The Kier molecular flexibility index (Phi) is 7.54. The van der Waals surface area contributed by atoms with E-state index in [1.807, 2.05) is 12.1 Å². The first-order valence-electron chi connectivity index (χ1n) is 5.67. The molecule has 1 aromatic rings. The molecule has 0 aliphatic rings. The molecule has 0 saturated heterocycles. The second kappa shape index (κ2) is 8.36. The Morgan fingerprint density at radius 1 is 1.11 bits per heavy atom. The second-order valence-electron chi connectivity index (χ2n) is 4.25. The van der Waals surface area contributed by atoms with Crippen molar-refractivity contribution in [1.82, 2.24) is 0 Å². The maximum absolute atomic E-state index is 9.59. The monoisotopic (exact) mass is 256 g/mol. The minimum Gasteiger partial charge on any atom is -0.450 e. The zero-order valence-corrected chi connectivity index (χ0v) is 11.1. The first-order valence-corrected chi connectivity index (χ1v) is 5.67. The van der Waals surface area contributed by atoms with Crippen molar-refractivity contribution in [3.05, 3.63) is 29.8 Å². The van der Waals surface area contributed by atoms with E-state index in [9.17, 15) is 4.79 Å². The lowest BCUT2D eigenvalue weighted by Gasteiger charge is -2.04. The van der Waals surface area contributed by atoms with Crippen LogP contribution in [0.5, 0.6) is 5.75 Å². The van der Waals surface area contributed by atoms with Gasteiger partial charge in [-0.05, 0) is 37.5 Å². The van der Waals surface area contributed by atoms with Crippen LogP contribution in [0.15, 0.2) is 24.3 Å². The number of hydrogen-bond donors (Lipinski definition) is 2. The Morgan fingerprint density at radius 2 is 1.61 bits per heavy atom. The minimum absolute atomic E-state index is 0.225. The lowest BCUT2D eigenvalue weighted by molar-refractivity contribution is -0.137. The third-order valence-corrected chi connectivity index (χ3v) is 1.99. The summed E-state index contributed by atoms with van der Waals surface area (Å²) >= 11 is 0. The fourth-order valence-electron chi connectivity index (χ4n) is 1.12. The van der Waals surface area contributed by atoms with Crippen LogP contribution in [0.3, 0.4) is 0 Å². The van der Waals surface area contributed by atoms with Crippen LogP contribution < -0.4 is 4.89 Å².